The van der Waals surface area contributed by atoms with Gasteiger partial charge in [-0.15, -0.1) is 0 Å². The smallest absolute Gasteiger partial charge is 0.123 e. The van der Waals surface area contributed by atoms with E-state index >= 15 is 0 Å². The van der Waals surface area contributed by atoms with E-state index in [0.717, 1.165) is 30.8 Å². The van der Waals surface area contributed by atoms with Crippen LogP contribution in [0.2, 0.25) is 0 Å². The number of halogens is 1. The number of methoxy groups -OCH3 is 2. The second kappa shape index (κ2) is 7.19. The van der Waals surface area contributed by atoms with E-state index < -0.39 is 0 Å². The van der Waals surface area contributed by atoms with Crippen LogP contribution in [0.25, 0.3) is 0 Å². The van der Waals surface area contributed by atoms with E-state index in [1.165, 1.54) is 12.1 Å². The van der Waals surface area contributed by atoms with E-state index in [9.17, 15) is 4.39 Å². The Morgan fingerprint density at radius 2 is 2.06 bits per heavy atom. The maximum Gasteiger partial charge on any atom is 0.123 e. The van der Waals surface area contributed by atoms with Gasteiger partial charge in [0.25, 0.3) is 0 Å². The summed E-state index contributed by atoms with van der Waals surface area (Å²) < 4.78 is 23.1. The SMILES string of the molecule is COCCNCCc1cc(F)ccc1OC. The maximum atomic E-state index is 13.0. The van der Waals surface area contributed by atoms with E-state index in [-0.39, 0.29) is 5.82 Å². The molecule has 0 unspecified atom stereocenters. The fraction of sp³-hybridized carbons (Fsp3) is 0.500. The third-order valence-corrected chi connectivity index (χ3v) is 2.30. The average Bonchev–Trinajstić information content (AvgIpc) is 2.29. The second-order valence-electron chi connectivity index (χ2n) is 3.45. The van der Waals surface area contributed by atoms with Crippen LogP contribution in [-0.2, 0) is 11.2 Å². The van der Waals surface area contributed by atoms with Crippen molar-refractivity contribution >= 4 is 0 Å². The summed E-state index contributed by atoms with van der Waals surface area (Å²) in [5.74, 6) is 0.502. The van der Waals surface area contributed by atoms with Crippen molar-refractivity contribution in [2.75, 3.05) is 33.9 Å². The Labute approximate surface area is 95.6 Å². The molecule has 0 saturated heterocycles. The van der Waals surface area contributed by atoms with Gasteiger partial charge in [-0.1, -0.05) is 0 Å². The largest absolute Gasteiger partial charge is 0.496 e. The Kier molecular flexibility index (Phi) is 5.82. The molecular formula is C12H18FNO2. The number of rotatable bonds is 7. The number of nitrogens with one attached hydrogen (secondary N) is 1. The van der Waals surface area contributed by atoms with Crippen molar-refractivity contribution in [3.63, 3.8) is 0 Å². The Morgan fingerprint density at radius 3 is 2.75 bits per heavy atom. The van der Waals surface area contributed by atoms with Gasteiger partial charge in [-0.2, -0.15) is 0 Å². The average molecular weight is 227 g/mol. The molecule has 0 amide bonds. The molecule has 0 fully saturated rings. The van der Waals surface area contributed by atoms with Gasteiger partial charge >= 0.3 is 0 Å². The molecule has 0 aliphatic heterocycles. The van der Waals surface area contributed by atoms with Crippen LogP contribution in [0.5, 0.6) is 5.75 Å². The van der Waals surface area contributed by atoms with E-state index in [1.54, 1.807) is 20.3 Å². The van der Waals surface area contributed by atoms with E-state index in [2.05, 4.69) is 5.32 Å². The predicted molar refractivity (Wildman–Crippen MR) is 61.4 cm³/mol. The molecule has 16 heavy (non-hydrogen) atoms. The van der Waals surface area contributed by atoms with E-state index in [0.29, 0.717) is 6.61 Å². The Balaban J connectivity index is 2.42. The van der Waals surface area contributed by atoms with Gasteiger partial charge < -0.3 is 14.8 Å². The van der Waals surface area contributed by atoms with Crippen molar-refractivity contribution in [1.82, 2.24) is 5.32 Å². The monoisotopic (exact) mass is 227 g/mol. The van der Waals surface area contributed by atoms with Gasteiger partial charge in [0.15, 0.2) is 0 Å². The first-order valence-corrected chi connectivity index (χ1v) is 5.30. The summed E-state index contributed by atoms with van der Waals surface area (Å²) in [6.45, 7) is 2.26. The highest BCUT2D eigenvalue weighted by atomic mass is 19.1. The first-order valence-electron chi connectivity index (χ1n) is 5.30. The molecule has 0 aliphatic carbocycles. The fourth-order valence-corrected chi connectivity index (χ4v) is 1.46. The molecule has 0 aromatic heterocycles. The van der Waals surface area contributed by atoms with Crippen LogP contribution in [0.4, 0.5) is 4.39 Å². The highest BCUT2D eigenvalue weighted by Crippen LogP contribution is 2.19. The molecule has 0 spiro atoms. The van der Waals surface area contributed by atoms with Crippen molar-refractivity contribution in [1.29, 1.82) is 0 Å². The Hall–Kier alpha value is -1.13. The zero-order valence-corrected chi connectivity index (χ0v) is 9.75. The summed E-state index contributed by atoms with van der Waals surface area (Å²) in [6.07, 6.45) is 0.741. The minimum absolute atomic E-state index is 0.229. The summed E-state index contributed by atoms with van der Waals surface area (Å²) in [4.78, 5) is 0. The number of hydrogen-bond acceptors (Lipinski definition) is 3. The van der Waals surface area contributed by atoms with Crippen molar-refractivity contribution in [2.45, 2.75) is 6.42 Å². The van der Waals surface area contributed by atoms with E-state index in [1.807, 2.05) is 0 Å². The van der Waals surface area contributed by atoms with Gasteiger partial charge in [-0.25, -0.2) is 4.39 Å². The van der Waals surface area contributed by atoms with Crippen molar-refractivity contribution in [3.05, 3.63) is 29.6 Å². The number of hydrogen-bond donors (Lipinski definition) is 1. The second-order valence-corrected chi connectivity index (χ2v) is 3.45. The first kappa shape index (κ1) is 12.9. The lowest BCUT2D eigenvalue weighted by Crippen LogP contribution is -2.21. The lowest BCUT2D eigenvalue weighted by Gasteiger charge is -2.09. The van der Waals surface area contributed by atoms with Crippen molar-refractivity contribution in [2.24, 2.45) is 0 Å². The first-order chi connectivity index (χ1) is 7.77. The molecule has 1 N–H and O–H groups in total. The Bertz CT molecular complexity index is 318. The zero-order valence-electron chi connectivity index (χ0n) is 9.75. The summed E-state index contributed by atoms with van der Waals surface area (Å²) in [5, 5.41) is 3.20. The van der Waals surface area contributed by atoms with Gasteiger partial charge in [0.2, 0.25) is 0 Å². The van der Waals surface area contributed by atoms with Crippen LogP contribution in [0.1, 0.15) is 5.56 Å². The quantitative estimate of drug-likeness (QED) is 0.718. The third kappa shape index (κ3) is 4.16. The van der Waals surface area contributed by atoms with Gasteiger partial charge in [0, 0.05) is 13.7 Å². The molecule has 0 atom stereocenters. The van der Waals surface area contributed by atoms with Gasteiger partial charge in [-0.3, -0.25) is 0 Å². The predicted octanol–water partition coefficient (Wildman–Crippen LogP) is 1.61. The molecule has 0 radical (unpaired) electrons. The summed E-state index contributed by atoms with van der Waals surface area (Å²) in [7, 11) is 3.26. The van der Waals surface area contributed by atoms with E-state index in [4.69, 9.17) is 9.47 Å². The highest BCUT2D eigenvalue weighted by molar-refractivity contribution is 5.34. The lowest BCUT2D eigenvalue weighted by molar-refractivity contribution is 0.199. The highest BCUT2D eigenvalue weighted by Gasteiger charge is 2.03. The van der Waals surface area contributed by atoms with Crippen molar-refractivity contribution in [3.8, 4) is 5.75 Å². The number of ether oxygens (including phenoxy) is 2. The molecule has 0 bridgehead atoms. The van der Waals surface area contributed by atoms with Gasteiger partial charge in [0.05, 0.1) is 13.7 Å². The fourth-order valence-electron chi connectivity index (χ4n) is 1.46. The molecule has 0 saturated carbocycles. The van der Waals surface area contributed by atoms with Crippen LogP contribution in [0, 0.1) is 5.82 Å². The minimum atomic E-state index is -0.229. The molecule has 1 aromatic rings. The van der Waals surface area contributed by atoms with Crippen LogP contribution in [0.15, 0.2) is 18.2 Å². The molecular weight excluding hydrogens is 209 g/mol. The standard InChI is InChI=1S/C12H18FNO2/c1-15-8-7-14-6-5-10-9-11(13)3-4-12(10)16-2/h3-4,9,14H,5-8H2,1-2H3. The molecule has 90 valence electrons. The molecule has 3 nitrogen and oxygen atoms in total. The van der Waals surface area contributed by atoms with Crippen LogP contribution in [-0.4, -0.2) is 33.9 Å². The summed E-state index contributed by atoms with van der Waals surface area (Å²) in [6, 6.07) is 4.57. The van der Waals surface area contributed by atoms with Crippen LogP contribution in [0.3, 0.4) is 0 Å². The van der Waals surface area contributed by atoms with Gasteiger partial charge in [0.1, 0.15) is 11.6 Å². The summed E-state index contributed by atoms with van der Waals surface area (Å²) in [5.41, 5.74) is 0.882. The van der Waals surface area contributed by atoms with Gasteiger partial charge in [-0.05, 0) is 36.7 Å². The molecule has 0 heterocycles. The number of benzene rings is 1. The summed E-state index contributed by atoms with van der Waals surface area (Å²) >= 11 is 0. The molecule has 1 rings (SSSR count). The molecule has 1 aromatic carbocycles. The van der Waals surface area contributed by atoms with Crippen molar-refractivity contribution < 1.29 is 13.9 Å². The topological polar surface area (TPSA) is 30.5 Å². The van der Waals surface area contributed by atoms with Crippen LogP contribution < -0.4 is 10.1 Å². The molecule has 4 heteroatoms. The normalized spacial score (nSPS) is 10.4. The third-order valence-electron chi connectivity index (χ3n) is 2.30. The minimum Gasteiger partial charge on any atom is -0.496 e. The zero-order chi connectivity index (χ0) is 11.8. The van der Waals surface area contributed by atoms with Crippen LogP contribution >= 0.6 is 0 Å². The Morgan fingerprint density at radius 1 is 1.25 bits per heavy atom. The lowest BCUT2D eigenvalue weighted by atomic mass is 10.1. The maximum absolute atomic E-state index is 13.0. The molecule has 0 aliphatic rings.